The first kappa shape index (κ1) is 56.9. The van der Waals surface area contributed by atoms with E-state index >= 15 is 0 Å². The minimum atomic E-state index is -0.883. The highest BCUT2D eigenvalue weighted by Gasteiger charge is 2.09. The van der Waals surface area contributed by atoms with Crippen molar-refractivity contribution >= 4 is 29.6 Å². The van der Waals surface area contributed by atoms with Crippen LogP contribution in [0.25, 0.3) is 0 Å². The van der Waals surface area contributed by atoms with Crippen LogP contribution in [0.2, 0.25) is 0 Å². The van der Waals surface area contributed by atoms with Gasteiger partial charge in [-0.15, -0.1) is 0 Å². The fourth-order valence-electron chi connectivity index (χ4n) is 4.22. The molecule has 0 spiro atoms. The van der Waals surface area contributed by atoms with Gasteiger partial charge < -0.3 is 83.2 Å². The zero-order valence-electron chi connectivity index (χ0n) is 35.7. The van der Waals surface area contributed by atoms with Crippen LogP contribution in [0.3, 0.4) is 0 Å². The van der Waals surface area contributed by atoms with Crippen LogP contribution in [0, 0.1) is 0 Å². The second-order valence-electron chi connectivity index (χ2n) is 12.5. The molecule has 22 heteroatoms. The summed E-state index contributed by atoms with van der Waals surface area (Å²) >= 11 is 0. The molecule has 0 rings (SSSR count). The summed E-state index contributed by atoms with van der Waals surface area (Å²) in [7, 11) is 0. The number of nitrogens with one attached hydrogen (secondary N) is 4. The second-order valence-corrected chi connectivity index (χ2v) is 12.5. The quantitative estimate of drug-likeness (QED) is 0.0428. The summed E-state index contributed by atoms with van der Waals surface area (Å²) in [6.07, 6.45) is 0.617. The lowest BCUT2D eigenvalue weighted by molar-refractivity contribution is -0.137. The molecule has 0 saturated carbocycles. The van der Waals surface area contributed by atoms with Gasteiger partial charge in [0.1, 0.15) is 0 Å². The molecular weight excluding hydrogens is 800 g/mol. The van der Waals surface area contributed by atoms with Crippen molar-refractivity contribution in [1.82, 2.24) is 21.3 Å². The molecule has 60 heavy (non-hydrogen) atoms. The molecule has 0 bridgehead atoms. The van der Waals surface area contributed by atoms with E-state index in [1.165, 1.54) is 6.92 Å². The molecule has 5 N–H and O–H groups in total. The van der Waals surface area contributed by atoms with Gasteiger partial charge in [-0.3, -0.25) is 24.0 Å². The maximum absolute atomic E-state index is 11.8. The average Bonchev–Trinajstić information content (AvgIpc) is 3.22. The summed E-state index contributed by atoms with van der Waals surface area (Å²) < 4.78 is 65.3. The number of carboxylic acid groups (broad SMARTS) is 1. The Morgan fingerprint density at radius 3 is 1.03 bits per heavy atom. The third-order valence-corrected chi connectivity index (χ3v) is 7.28. The smallest absolute Gasteiger partial charge is 0.303 e. The van der Waals surface area contributed by atoms with E-state index in [-0.39, 0.29) is 56.3 Å². The Balaban J connectivity index is 3.18. The van der Waals surface area contributed by atoms with Gasteiger partial charge in [-0.25, -0.2) is 0 Å². The van der Waals surface area contributed by atoms with Crippen LogP contribution in [0.4, 0.5) is 0 Å². The number of carbonyl (C=O) groups excluding carboxylic acids is 4. The zero-order valence-corrected chi connectivity index (χ0v) is 35.7. The summed E-state index contributed by atoms with van der Waals surface area (Å²) in [4.78, 5) is 56.2. The third-order valence-electron chi connectivity index (χ3n) is 7.28. The van der Waals surface area contributed by atoms with Crippen LogP contribution >= 0.6 is 0 Å². The topological polar surface area (TPSA) is 264 Å². The first-order valence-electron chi connectivity index (χ1n) is 20.4. The van der Waals surface area contributed by atoms with Gasteiger partial charge in [-0.2, -0.15) is 0 Å². The molecule has 0 saturated heterocycles. The van der Waals surface area contributed by atoms with Crippen molar-refractivity contribution in [2.24, 2.45) is 0 Å². The molecule has 22 nitrogen and oxygen atoms in total. The van der Waals surface area contributed by atoms with Gasteiger partial charge in [0.15, 0.2) is 0 Å². The first-order valence-corrected chi connectivity index (χ1v) is 20.4. The van der Waals surface area contributed by atoms with E-state index in [4.69, 9.17) is 61.9 Å². The van der Waals surface area contributed by atoms with Crippen molar-refractivity contribution in [3.05, 3.63) is 0 Å². The van der Waals surface area contributed by atoms with E-state index in [0.29, 0.717) is 165 Å². The first-order chi connectivity index (χ1) is 29.2. The van der Waals surface area contributed by atoms with Crippen molar-refractivity contribution < 1.29 is 85.9 Å². The molecule has 352 valence electrons. The number of amides is 4. The van der Waals surface area contributed by atoms with E-state index in [9.17, 15) is 24.0 Å². The predicted molar refractivity (Wildman–Crippen MR) is 214 cm³/mol. The number of rotatable bonds is 47. The molecule has 0 aromatic heterocycles. The number of ether oxygens (including phenoxy) is 12. The normalized spacial score (nSPS) is 11.6. The molecular formula is C38H72N4O18. The summed E-state index contributed by atoms with van der Waals surface area (Å²) in [5.41, 5.74) is 0. The molecule has 4 amide bonds. The van der Waals surface area contributed by atoms with Gasteiger partial charge >= 0.3 is 5.97 Å². The van der Waals surface area contributed by atoms with E-state index < -0.39 is 11.9 Å². The zero-order chi connectivity index (χ0) is 44.0. The number of aliphatic carboxylic acids is 1. The highest BCUT2D eigenvalue weighted by atomic mass is 16.6. The summed E-state index contributed by atoms with van der Waals surface area (Å²) in [5.74, 6) is -2.18. The molecule has 0 aromatic rings. The maximum atomic E-state index is 11.8. The fraction of sp³-hybridized carbons (Fsp3) is 0.868. The van der Waals surface area contributed by atoms with Crippen LogP contribution in [0.15, 0.2) is 0 Å². The average molecular weight is 873 g/mol. The van der Waals surface area contributed by atoms with E-state index in [0.717, 1.165) is 0 Å². The second kappa shape index (κ2) is 45.4. The molecule has 0 radical (unpaired) electrons. The Kier molecular flexibility index (Phi) is 43.0. The van der Waals surface area contributed by atoms with Crippen LogP contribution in [-0.2, 0) is 80.8 Å². The third kappa shape index (κ3) is 47.5. The molecule has 0 aliphatic rings. The Hall–Kier alpha value is -3.13. The minimum Gasteiger partial charge on any atom is -0.481 e. The van der Waals surface area contributed by atoms with Crippen molar-refractivity contribution in [2.45, 2.75) is 39.2 Å². The van der Waals surface area contributed by atoms with E-state index in [1.54, 1.807) is 6.92 Å². The number of carbonyl (C=O) groups is 5. The number of carboxylic acids is 1. The Bertz CT molecular complexity index is 1050. The lowest BCUT2D eigenvalue weighted by Crippen LogP contribution is -2.42. The van der Waals surface area contributed by atoms with Crippen molar-refractivity contribution in [1.29, 1.82) is 0 Å². The molecule has 0 heterocycles. The highest BCUT2D eigenvalue weighted by molar-refractivity contribution is 5.87. The lowest BCUT2D eigenvalue weighted by Gasteiger charge is -2.12. The highest BCUT2D eigenvalue weighted by Crippen LogP contribution is 1.97. The van der Waals surface area contributed by atoms with Crippen LogP contribution in [0.1, 0.15) is 33.1 Å². The fourth-order valence-corrected chi connectivity index (χ4v) is 4.22. The van der Waals surface area contributed by atoms with Crippen molar-refractivity contribution in [3.63, 3.8) is 0 Å². The molecule has 0 aliphatic heterocycles. The van der Waals surface area contributed by atoms with Gasteiger partial charge in [0, 0.05) is 32.4 Å². The minimum absolute atomic E-state index is 0.0187. The molecule has 1 atom stereocenters. The summed E-state index contributed by atoms with van der Waals surface area (Å²) in [6.45, 7) is 13.2. The van der Waals surface area contributed by atoms with Crippen LogP contribution < -0.4 is 21.3 Å². The lowest BCUT2D eigenvalue weighted by atomic mass is 10.2. The monoisotopic (exact) mass is 872 g/mol. The molecule has 0 aromatic carbocycles. The van der Waals surface area contributed by atoms with Crippen molar-refractivity contribution in [2.75, 3.05) is 178 Å². The maximum Gasteiger partial charge on any atom is 0.303 e. The number of hydrogen-bond acceptors (Lipinski definition) is 17. The summed E-state index contributed by atoms with van der Waals surface area (Å²) in [6, 6.07) is -0.191. The van der Waals surface area contributed by atoms with Gasteiger partial charge in [0.2, 0.25) is 23.6 Å². The Morgan fingerprint density at radius 2 is 0.700 bits per heavy atom. The predicted octanol–water partition coefficient (Wildman–Crippen LogP) is -1.69. The summed E-state index contributed by atoms with van der Waals surface area (Å²) in [5, 5.41) is 18.8. The SMILES string of the molecule is CC(=O)NCC(=O)NCC(=O)NCCOCCOCCOCCOCCOCCOCCOCCOCCOCCOCCOCCOCCC(=O)NC(C)CCC(=O)O. The van der Waals surface area contributed by atoms with Crippen molar-refractivity contribution in [3.8, 4) is 0 Å². The molecule has 1 unspecified atom stereocenters. The van der Waals surface area contributed by atoms with Gasteiger partial charge in [0.25, 0.3) is 0 Å². The van der Waals surface area contributed by atoms with Crippen LogP contribution in [-0.4, -0.2) is 219 Å². The van der Waals surface area contributed by atoms with E-state index in [2.05, 4.69) is 21.3 Å². The van der Waals surface area contributed by atoms with Crippen LogP contribution in [0.5, 0.6) is 0 Å². The standard InChI is InChI=1S/C38H72N4O18/c1-33(3-4-38(47)48)42-35(44)5-7-49-9-11-51-13-15-53-17-19-55-21-23-57-25-27-59-29-30-60-28-26-58-24-22-56-20-18-54-16-14-52-12-10-50-8-6-39-36(45)32-41-37(46)31-40-34(2)43/h33H,3-32H2,1-2H3,(H,39,45)(H,40,43)(H,41,46)(H,42,44)(H,47,48). The largest absolute Gasteiger partial charge is 0.481 e. The Labute approximate surface area is 353 Å². The number of hydrogen-bond donors (Lipinski definition) is 5. The van der Waals surface area contributed by atoms with Gasteiger partial charge in [0.05, 0.1) is 172 Å². The Morgan fingerprint density at radius 1 is 0.400 bits per heavy atom. The van der Waals surface area contributed by atoms with Gasteiger partial charge in [-0.1, -0.05) is 0 Å². The molecule has 0 aliphatic carbocycles. The van der Waals surface area contributed by atoms with E-state index in [1.807, 2.05) is 0 Å². The van der Waals surface area contributed by atoms with Gasteiger partial charge in [-0.05, 0) is 13.3 Å². The molecule has 0 fully saturated rings.